The average molecular weight is 391 g/mol. The van der Waals surface area contributed by atoms with E-state index in [-0.39, 0.29) is 11.7 Å². The highest BCUT2D eigenvalue weighted by molar-refractivity contribution is 7.99. The predicted molar refractivity (Wildman–Crippen MR) is 106 cm³/mol. The molecule has 5 nitrogen and oxygen atoms in total. The van der Waals surface area contributed by atoms with E-state index in [9.17, 15) is 9.65 Å². The molecule has 0 unspecified atom stereocenters. The molecule has 0 aliphatic heterocycles. The zero-order valence-corrected chi connectivity index (χ0v) is 15.9. The zero-order valence-electron chi connectivity index (χ0n) is 15.1. The minimum absolute atomic E-state index is 0.247. The van der Waals surface area contributed by atoms with Crippen LogP contribution in [0.25, 0.3) is 11.4 Å². The topological polar surface area (TPSA) is 78.3 Å². The van der Waals surface area contributed by atoms with Crippen LogP contribution in [0.5, 0.6) is 0 Å². The van der Waals surface area contributed by atoms with Crippen molar-refractivity contribution in [2.24, 2.45) is 5.92 Å². The summed E-state index contributed by atoms with van der Waals surface area (Å²) in [6.07, 6.45) is 0.864. The SMILES string of the molecule is N#CCC[C@@H](C#N)CSc1nnc(-c2ccccc2F)n1Cc1ccccc1. The summed E-state index contributed by atoms with van der Waals surface area (Å²) in [4.78, 5) is 0. The van der Waals surface area contributed by atoms with Crippen LogP contribution in [0.4, 0.5) is 4.39 Å². The Morgan fingerprint density at radius 3 is 2.50 bits per heavy atom. The van der Waals surface area contributed by atoms with E-state index >= 15 is 0 Å². The van der Waals surface area contributed by atoms with Crippen molar-refractivity contribution >= 4 is 11.8 Å². The van der Waals surface area contributed by atoms with E-state index in [1.54, 1.807) is 18.2 Å². The fourth-order valence-corrected chi connectivity index (χ4v) is 3.74. The van der Waals surface area contributed by atoms with Gasteiger partial charge in [-0.25, -0.2) is 4.39 Å². The van der Waals surface area contributed by atoms with E-state index in [0.29, 0.717) is 41.7 Å². The van der Waals surface area contributed by atoms with Crippen molar-refractivity contribution in [2.75, 3.05) is 5.75 Å². The van der Waals surface area contributed by atoms with Crippen LogP contribution in [-0.4, -0.2) is 20.5 Å². The van der Waals surface area contributed by atoms with Gasteiger partial charge in [0.2, 0.25) is 0 Å². The van der Waals surface area contributed by atoms with Gasteiger partial charge in [0.15, 0.2) is 11.0 Å². The molecule has 0 amide bonds. The Morgan fingerprint density at radius 1 is 1.04 bits per heavy atom. The summed E-state index contributed by atoms with van der Waals surface area (Å²) < 4.78 is 16.2. The van der Waals surface area contributed by atoms with Crippen molar-refractivity contribution in [1.29, 1.82) is 10.5 Å². The van der Waals surface area contributed by atoms with Crippen molar-refractivity contribution in [3.05, 3.63) is 66.0 Å². The van der Waals surface area contributed by atoms with Crippen LogP contribution in [0, 0.1) is 34.4 Å². The minimum Gasteiger partial charge on any atom is -0.297 e. The first-order chi connectivity index (χ1) is 13.7. The van der Waals surface area contributed by atoms with Gasteiger partial charge < -0.3 is 0 Å². The Hall–Kier alpha value is -3.16. The predicted octanol–water partition coefficient (Wildman–Crippen LogP) is 4.67. The lowest BCUT2D eigenvalue weighted by Crippen LogP contribution is -2.07. The number of hydrogen-bond donors (Lipinski definition) is 0. The summed E-state index contributed by atoms with van der Waals surface area (Å²) in [5.41, 5.74) is 1.43. The lowest BCUT2D eigenvalue weighted by atomic mass is 10.1. The van der Waals surface area contributed by atoms with Crippen LogP contribution >= 0.6 is 11.8 Å². The van der Waals surface area contributed by atoms with E-state index in [1.807, 2.05) is 34.9 Å². The Morgan fingerprint density at radius 2 is 1.79 bits per heavy atom. The van der Waals surface area contributed by atoms with Gasteiger partial charge in [-0.2, -0.15) is 10.5 Å². The third-order valence-corrected chi connectivity index (χ3v) is 5.35. The molecule has 1 heterocycles. The van der Waals surface area contributed by atoms with E-state index in [2.05, 4.69) is 22.3 Å². The van der Waals surface area contributed by atoms with E-state index in [4.69, 9.17) is 5.26 Å². The van der Waals surface area contributed by atoms with Crippen molar-refractivity contribution in [3.8, 4) is 23.5 Å². The highest BCUT2D eigenvalue weighted by atomic mass is 32.2. The number of rotatable bonds is 8. The van der Waals surface area contributed by atoms with Gasteiger partial charge in [-0.1, -0.05) is 54.2 Å². The second kappa shape index (κ2) is 9.68. The van der Waals surface area contributed by atoms with Gasteiger partial charge in [-0.3, -0.25) is 4.57 Å². The Bertz CT molecular complexity index is 1000. The first-order valence-corrected chi connectivity index (χ1v) is 9.83. The number of halogens is 1. The third-order valence-electron chi connectivity index (χ3n) is 4.22. The molecule has 1 atom stereocenters. The maximum Gasteiger partial charge on any atom is 0.191 e. The largest absolute Gasteiger partial charge is 0.297 e. The number of aromatic nitrogens is 3. The fourth-order valence-electron chi connectivity index (χ4n) is 2.74. The summed E-state index contributed by atoms with van der Waals surface area (Å²) in [5.74, 6) is 0.352. The lowest BCUT2D eigenvalue weighted by Gasteiger charge is -2.12. The summed E-state index contributed by atoms with van der Waals surface area (Å²) >= 11 is 1.41. The van der Waals surface area contributed by atoms with Crippen LogP contribution in [-0.2, 0) is 6.54 Å². The second-order valence-electron chi connectivity index (χ2n) is 6.19. The molecule has 0 bridgehead atoms. The van der Waals surface area contributed by atoms with Crippen molar-refractivity contribution in [3.63, 3.8) is 0 Å². The smallest absolute Gasteiger partial charge is 0.191 e. The molecular weight excluding hydrogens is 373 g/mol. The fraction of sp³-hybridized carbons (Fsp3) is 0.238. The molecule has 0 spiro atoms. The molecule has 0 fully saturated rings. The first kappa shape index (κ1) is 19.6. The van der Waals surface area contributed by atoms with Gasteiger partial charge >= 0.3 is 0 Å². The Balaban J connectivity index is 1.91. The molecule has 0 radical (unpaired) electrons. The van der Waals surface area contributed by atoms with Crippen LogP contribution in [0.3, 0.4) is 0 Å². The molecule has 1 aromatic heterocycles. The molecular formula is C21H18FN5S. The standard InChI is InChI=1S/C21H18FN5S/c22-19-11-5-4-10-18(19)20-25-26-21(28-15-17(13-24)9-6-12-23)27(20)14-16-7-2-1-3-8-16/h1-5,7-8,10-11,17H,6,9,14-15H2/t17-/m0/s1. The molecule has 0 N–H and O–H groups in total. The molecule has 140 valence electrons. The van der Waals surface area contributed by atoms with Gasteiger partial charge in [-0.05, 0) is 24.1 Å². The number of nitrogens with zero attached hydrogens (tertiary/aromatic N) is 5. The van der Waals surface area contributed by atoms with Gasteiger partial charge in [-0.15, -0.1) is 10.2 Å². The van der Waals surface area contributed by atoms with Crippen LogP contribution < -0.4 is 0 Å². The summed E-state index contributed by atoms with van der Waals surface area (Å²) in [5, 5.41) is 27.1. The van der Waals surface area contributed by atoms with Gasteiger partial charge in [0.05, 0.1) is 30.2 Å². The van der Waals surface area contributed by atoms with Crippen molar-refractivity contribution < 1.29 is 4.39 Å². The number of thioether (sulfide) groups is 1. The Labute approximate surface area is 167 Å². The van der Waals surface area contributed by atoms with Crippen LogP contribution in [0.2, 0.25) is 0 Å². The van der Waals surface area contributed by atoms with Crippen LogP contribution in [0.1, 0.15) is 18.4 Å². The molecule has 2 aromatic carbocycles. The molecule has 0 saturated carbocycles. The quantitative estimate of drug-likeness (QED) is 0.522. The third kappa shape index (κ3) is 4.76. The second-order valence-corrected chi connectivity index (χ2v) is 7.18. The van der Waals surface area contributed by atoms with Gasteiger partial charge in [0.1, 0.15) is 5.82 Å². The minimum atomic E-state index is -0.357. The molecule has 0 aliphatic carbocycles. The Kier molecular flexibility index (Phi) is 6.78. The molecule has 3 rings (SSSR count). The van der Waals surface area contributed by atoms with Crippen LogP contribution in [0.15, 0.2) is 59.8 Å². The monoisotopic (exact) mass is 391 g/mol. The highest BCUT2D eigenvalue weighted by Gasteiger charge is 2.19. The molecule has 0 saturated heterocycles. The summed E-state index contributed by atoms with van der Waals surface area (Å²) in [6, 6.07) is 20.6. The molecule has 7 heteroatoms. The van der Waals surface area contributed by atoms with E-state index in [0.717, 1.165) is 5.56 Å². The molecule has 28 heavy (non-hydrogen) atoms. The van der Waals surface area contributed by atoms with E-state index in [1.165, 1.54) is 17.8 Å². The summed E-state index contributed by atoms with van der Waals surface area (Å²) in [7, 11) is 0. The van der Waals surface area contributed by atoms with Crippen molar-refractivity contribution in [2.45, 2.75) is 24.5 Å². The first-order valence-electron chi connectivity index (χ1n) is 8.84. The van der Waals surface area contributed by atoms with Crippen molar-refractivity contribution in [1.82, 2.24) is 14.8 Å². The zero-order chi connectivity index (χ0) is 19.8. The number of nitriles is 2. The van der Waals surface area contributed by atoms with Gasteiger partial charge in [0, 0.05) is 12.2 Å². The number of benzene rings is 2. The maximum atomic E-state index is 14.3. The normalized spacial score (nSPS) is 11.5. The maximum absolute atomic E-state index is 14.3. The summed E-state index contributed by atoms with van der Waals surface area (Å²) in [6.45, 7) is 0.495. The van der Waals surface area contributed by atoms with Gasteiger partial charge in [0.25, 0.3) is 0 Å². The highest BCUT2D eigenvalue weighted by Crippen LogP contribution is 2.28. The van der Waals surface area contributed by atoms with E-state index < -0.39 is 0 Å². The lowest BCUT2D eigenvalue weighted by molar-refractivity contribution is 0.626. The average Bonchev–Trinajstić information content (AvgIpc) is 3.11. The molecule has 0 aliphatic rings. The molecule has 3 aromatic rings. The number of hydrogen-bond acceptors (Lipinski definition) is 5.